The van der Waals surface area contributed by atoms with Gasteiger partial charge in [0.1, 0.15) is 17.3 Å². The van der Waals surface area contributed by atoms with Crippen molar-refractivity contribution in [2.24, 2.45) is 0 Å². The molecule has 1 aromatic carbocycles. The van der Waals surface area contributed by atoms with Crippen LogP contribution < -0.4 is 26.4 Å². The molecule has 0 atom stereocenters. The van der Waals surface area contributed by atoms with E-state index < -0.39 is 16.9 Å². The summed E-state index contributed by atoms with van der Waals surface area (Å²) >= 11 is 0. The van der Waals surface area contributed by atoms with Crippen LogP contribution in [0.15, 0.2) is 53.8 Å². The van der Waals surface area contributed by atoms with Gasteiger partial charge in [-0.15, -0.1) is 0 Å². The van der Waals surface area contributed by atoms with E-state index in [1.165, 1.54) is 24.1 Å². The Kier molecular flexibility index (Phi) is 5.02. The molecule has 0 saturated heterocycles. The minimum atomic E-state index is -0.851. The summed E-state index contributed by atoms with van der Waals surface area (Å²) in [6.07, 6.45) is 2.94. The lowest BCUT2D eigenvalue weighted by Crippen LogP contribution is -2.40. The minimum absolute atomic E-state index is 0.0711. The topological polar surface area (TPSA) is 106 Å². The summed E-state index contributed by atoms with van der Waals surface area (Å²) in [7, 11) is 3.06. The van der Waals surface area contributed by atoms with Crippen molar-refractivity contribution in [1.82, 2.24) is 9.13 Å². The number of nitrogens with zero attached hydrogens (tertiary/aromatic N) is 2. The zero-order chi connectivity index (χ0) is 19.6. The molecule has 2 heterocycles. The Labute approximate surface area is 153 Å². The Morgan fingerprint density at radius 1 is 0.926 bits per heavy atom. The molecule has 2 aromatic heterocycles. The van der Waals surface area contributed by atoms with E-state index in [4.69, 9.17) is 18.3 Å². The number of hydrogen-bond acceptors (Lipinski definition) is 7. The van der Waals surface area contributed by atoms with Gasteiger partial charge < -0.3 is 27.4 Å². The number of ether oxygens (including phenoxy) is 2. The maximum atomic E-state index is 12.4. The van der Waals surface area contributed by atoms with E-state index in [9.17, 15) is 14.4 Å². The van der Waals surface area contributed by atoms with Crippen LogP contribution in [-0.4, -0.2) is 23.4 Å². The highest BCUT2D eigenvalue weighted by Crippen LogP contribution is 2.24. The quantitative estimate of drug-likeness (QED) is 0.592. The molecule has 3 aromatic rings. The van der Waals surface area contributed by atoms with Crippen LogP contribution in [0.1, 0.15) is 17.1 Å². The van der Waals surface area contributed by atoms with Crippen molar-refractivity contribution in [2.75, 3.05) is 14.2 Å². The number of aryl methyl sites for hydroxylation is 1. The summed E-state index contributed by atoms with van der Waals surface area (Å²) < 4.78 is 22.5. The van der Waals surface area contributed by atoms with Gasteiger partial charge in [-0.25, -0.2) is 4.79 Å². The monoisotopic (exact) mass is 374 g/mol. The minimum Gasteiger partial charge on any atom is -0.497 e. The molecule has 142 valence electrons. The smallest absolute Gasteiger partial charge is 0.497 e. The average Bonchev–Trinajstić information content (AvgIpc) is 2.98. The first kappa shape index (κ1) is 18.3. The highest BCUT2D eigenvalue weighted by Gasteiger charge is 2.13. The number of hydrogen-bond donors (Lipinski definition) is 0. The third-order valence-electron chi connectivity index (χ3n) is 4.12. The summed E-state index contributed by atoms with van der Waals surface area (Å²) in [6, 6.07) is 5.21. The molecule has 27 heavy (non-hydrogen) atoms. The van der Waals surface area contributed by atoms with Crippen LogP contribution in [0.4, 0.5) is 0 Å². The van der Waals surface area contributed by atoms with Gasteiger partial charge in [-0.3, -0.25) is 9.59 Å². The van der Waals surface area contributed by atoms with Gasteiger partial charge in [0.25, 0.3) is 0 Å². The number of benzene rings is 1. The lowest BCUT2D eigenvalue weighted by Gasteiger charge is -2.12. The van der Waals surface area contributed by atoms with Gasteiger partial charge in [-0.1, -0.05) is 0 Å². The summed E-state index contributed by atoms with van der Waals surface area (Å²) in [5.41, 5.74) is -0.735. The first-order chi connectivity index (χ1) is 12.9. The fourth-order valence-corrected chi connectivity index (χ4v) is 2.63. The SMILES string of the molecule is COc1ccc(Cn2ccn(Cc3oc(=O)oc3C)c(=O)c2=O)c(OC)c1. The van der Waals surface area contributed by atoms with E-state index in [-0.39, 0.29) is 24.6 Å². The molecule has 0 saturated carbocycles. The van der Waals surface area contributed by atoms with E-state index in [2.05, 4.69) is 0 Å². The standard InChI is InChI=1S/C18H18N2O7/c1-11-15(27-18(23)26-11)10-20-7-6-19(16(21)17(20)22)9-12-4-5-13(24-2)8-14(12)25-3/h4-8H,9-10H2,1-3H3. The molecule has 0 spiro atoms. The second-order valence-electron chi connectivity index (χ2n) is 5.78. The predicted octanol–water partition coefficient (Wildman–Crippen LogP) is 0.978. The number of methoxy groups -OCH3 is 2. The lowest BCUT2D eigenvalue weighted by atomic mass is 10.2. The second kappa shape index (κ2) is 7.40. The van der Waals surface area contributed by atoms with Gasteiger partial charge in [0, 0.05) is 24.0 Å². The number of rotatable bonds is 6. The van der Waals surface area contributed by atoms with Gasteiger partial charge >= 0.3 is 16.9 Å². The highest BCUT2D eigenvalue weighted by molar-refractivity contribution is 5.40. The van der Waals surface area contributed by atoms with Crippen LogP contribution in [0.3, 0.4) is 0 Å². The first-order valence-corrected chi connectivity index (χ1v) is 8.03. The molecule has 0 fully saturated rings. The zero-order valence-corrected chi connectivity index (χ0v) is 15.1. The summed E-state index contributed by atoms with van der Waals surface area (Å²) in [5, 5.41) is 0. The van der Waals surface area contributed by atoms with Gasteiger partial charge in [-0.05, 0) is 19.1 Å². The molecule has 0 unspecified atom stereocenters. The fraction of sp³-hybridized carbons (Fsp3) is 0.278. The molecule has 0 aliphatic carbocycles. The van der Waals surface area contributed by atoms with Crippen LogP contribution in [0.2, 0.25) is 0 Å². The predicted molar refractivity (Wildman–Crippen MR) is 94.7 cm³/mol. The van der Waals surface area contributed by atoms with Crippen molar-refractivity contribution in [3.8, 4) is 11.5 Å². The van der Waals surface area contributed by atoms with Crippen LogP contribution in [0.25, 0.3) is 0 Å². The normalized spacial score (nSPS) is 10.8. The molecule has 0 aliphatic heterocycles. The molecular weight excluding hydrogens is 356 g/mol. The Morgan fingerprint density at radius 2 is 1.59 bits per heavy atom. The van der Waals surface area contributed by atoms with Crippen molar-refractivity contribution >= 4 is 0 Å². The van der Waals surface area contributed by atoms with E-state index in [0.717, 1.165) is 4.57 Å². The van der Waals surface area contributed by atoms with E-state index >= 15 is 0 Å². The van der Waals surface area contributed by atoms with E-state index in [1.807, 2.05) is 0 Å². The average molecular weight is 374 g/mol. The van der Waals surface area contributed by atoms with Crippen LogP contribution in [0, 0.1) is 6.92 Å². The third-order valence-corrected chi connectivity index (χ3v) is 4.12. The maximum absolute atomic E-state index is 12.4. The van der Waals surface area contributed by atoms with Gasteiger partial charge in [0.15, 0.2) is 5.76 Å². The molecule has 9 heteroatoms. The Bertz CT molecular complexity index is 1130. The molecule has 0 radical (unpaired) electrons. The fourth-order valence-electron chi connectivity index (χ4n) is 2.63. The van der Waals surface area contributed by atoms with Crippen molar-refractivity contribution in [3.05, 3.63) is 79.0 Å². The molecule has 0 amide bonds. The molecule has 0 aliphatic rings. The van der Waals surface area contributed by atoms with Crippen LogP contribution in [-0.2, 0) is 13.1 Å². The van der Waals surface area contributed by atoms with E-state index in [1.54, 1.807) is 32.2 Å². The van der Waals surface area contributed by atoms with Crippen molar-refractivity contribution < 1.29 is 18.3 Å². The second-order valence-corrected chi connectivity index (χ2v) is 5.78. The van der Waals surface area contributed by atoms with E-state index in [0.29, 0.717) is 17.1 Å². The molecular formula is C18H18N2O7. The van der Waals surface area contributed by atoms with Gasteiger partial charge in [0.2, 0.25) is 0 Å². The largest absolute Gasteiger partial charge is 0.519 e. The summed E-state index contributed by atoms with van der Waals surface area (Å²) in [5.74, 6) is 0.766. The highest BCUT2D eigenvalue weighted by atomic mass is 16.6. The Morgan fingerprint density at radius 3 is 2.15 bits per heavy atom. The number of aromatic nitrogens is 2. The van der Waals surface area contributed by atoms with Crippen molar-refractivity contribution in [2.45, 2.75) is 20.0 Å². The lowest BCUT2D eigenvalue weighted by molar-refractivity contribution is 0.366. The molecule has 0 bridgehead atoms. The molecule has 9 nitrogen and oxygen atoms in total. The zero-order valence-electron chi connectivity index (χ0n) is 15.1. The van der Waals surface area contributed by atoms with Gasteiger partial charge in [-0.2, -0.15) is 0 Å². The Hall–Kier alpha value is -3.49. The summed E-state index contributed by atoms with van der Waals surface area (Å²) in [6.45, 7) is 1.63. The summed E-state index contributed by atoms with van der Waals surface area (Å²) in [4.78, 5) is 35.9. The van der Waals surface area contributed by atoms with Gasteiger partial charge in [0.05, 0.1) is 27.3 Å². The molecule has 0 N–H and O–H groups in total. The van der Waals surface area contributed by atoms with Crippen molar-refractivity contribution in [3.63, 3.8) is 0 Å². The maximum Gasteiger partial charge on any atom is 0.519 e. The van der Waals surface area contributed by atoms with Crippen molar-refractivity contribution in [1.29, 1.82) is 0 Å². The van der Waals surface area contributed by atoms with Crippen LogP contribution in [0.5, 0.6) is 11.5 Å². The Balaban J connectivity index is 1.92. The first-order valence-electron chi connectivity index (χ1n) is 8.03. The van der Waals surface area contributed by atoms with Crippen LogP contribution >= 0.6 is 0 Å². The third kappa shape index (κ3) is 3.71. The molecule has 3 rings (SSSR count).